The van der Waals surface area contributed by atoms with Gasteiger partial charge in [0.2, 0.25) is 11.8 Å². The summed E-state index contributed by atoms with van der Waals surface area (Å²) in [5.74, 6) is 1.81. The average Bonchev–Trinajstić information content (AvgIpc) is 4.10. The fourth-order valence-electron chi connectivity index (χ4n) is 9.33. The first-order chi connectivity index (χ1) is 27.7. The molecule has 3 aromatic heterocycles. The number of hydrogen-bond donors (Lipinski definition) is 5. The number of imidazole rings is 2. The molecule has 13 nitrogen and oxygen atoms in total. The van der Waals surface area contributed by atoms with E-state index in [4.69, 9.17) is 9.72 Å². The third-order valence-electron chi connectivity index (χ3n) is 12.3. The molecule has 13 heteroatoms. The van der Waals surface area contributed by atoms with Gasteiger partial charge in [-0.15, -0.1) is 0 Å². The van der Waals surface area contributed by atoms with Gasteiger partial charge in [0.15, 0.2) is 0 Å². The van der Waals surface area contributed by atoms with Crippen LogP contribution >= 0.6 is 0 Å². The van der Waals surface area contributed by atoms with Crippen molar-refractivity contribution in [2.45, 2.75) is 70.0 Å². The number of ether oxygens (including phenoxy) is 1. The van der Waals surface area contributed by atoms with E-state index in [1.54, 1.807) is 12.4 Å². The SMILES string of the molecule is COC(=O)N[C@H](C(=O)N1CCC[C@H]1c1ncc(-c2ccc(-c3ccc(-c4cnc([C@@H]5[C@H]6CC[C@H](C6)[C@H]5C(=O)N[C@@H](CO)c5cccnc5)[nH]4)cc3)cc2)[nH]1)C(C)C. The maximum Gasteiger partial charge on any atom is 0.407 e. The number of likely N-dealkylation sites (tertiary alicyclic amines) is 1. The minimum absolute atomic E-state index is 0.00152. The number of pyridine rings is 1. The molecule has 2 aliphatic carbocycles. The number of carbonyl (C=O) groups excluding carboxylic acids is 3. The molecule has 3 aliphatic rings. The van der Waals surface area contributed by atoms with Crippen LogP contribution in [0, 0.1) is 23.7 Å². The number of nitrogens with zero attached hydrogens (tertiary/aromatic N) is 4. The van der Waals surface area contributed by atoms with Gasteiger partial charge < -0.3 is 35.3 Å². The predicted molar refractivity (Wildman–Crippen MR) is 214 cm³/mol. The maximum atomic E-state index is 13.8. The lowest BCUT2D eigenvalue weighted by Crippen LogP contribution is -2.51. The molecule has 57 heavy (non-hydrogen) atoms. The Morgan fingerprint density at radius 2 is 1.47 bits per heavy atom. The van der Waals surface area contributed by atoms with E-state index in [2.05, 4.69) is 79.1 Å². The van der Waals surface area contributed by atoms with Crippen LogP contribution in [0.25, 0.3) is 33.6 Å². The monoisotopic (exact) mass is 770 g/mol. The van der Waals surface area contributed by atoms with Crippen LogP contribution in [0.3, 0.4) is 0 Å². The molecule has 7 atom stereocenters. The van der Waals surface area contributed by atoms with E-state index >= 15 is 0 Å². The second-order valence-electron chi connectivity index (χ2n) is 16.0. The van der Waals surface area contributed by atoms with E-state index < -0.39 is 18.2 Å². The number of hydrogen-bond acceptors (Lipinski definition) is 8. The number of benzene rings is 2. The van der Waals surface area contributed by atoms with Gasteiger partial charge in [-0.05, 0) is 83.7 Å². The van der Waals surface area contributed by atoms with Crippen molar-refractivity contribution >= 4 is 17.9 Å². The summed E-state index contributed by atoms with van der Waals surface area (Å²) in [4.78, 5) is 61.8. The van der Waals surface area contributed by atoms with Gasteiger partial charge in [-0.25, -0.2) is 14.8 Å². The maximum absolute atomic E-state index is 13.8. The van der Waals surface area contributed by atoms with Crippen LogP contribution in [0.4, 0.5) is 4.79 Å². The van der Waals surface area contributed by atoms with E-state index in [-0.39, 0.29) is 42.2 Å². The van der Waals surface area contributed by atoms with Crippen LogP contribution in [-0.2, 0) is 14.3 Å². The minimum atomic E-state index is -0.684. The molecule has 8 rings (SSSR count). The molecule has 5 aromatic rings. The van der Waals surface area contributed by atoms with Gasteiger partial charge in [0.25, 0.3) is 0 Å². The average molecular weight is 771 g/mol. The molecule has 2 aromatic carbocycles. The zero-order valence-electron chi connectivity index (χ0n) is 32.5. The first-order valence-corrected chi connectivity index (χ1v) is 20.0. The first-order valence-electron chi connectivity index (χ1n) is 20.0. The van der Waals surface area contributed by atoms with Crippen molar-refractivity contribution in [1.82, 2.24) is 40.5 Å². The van der Waals surface area contributed by atoms with E-state index in [9.17, 15) is 19.5 Å². The van der Waals surface area contributed by atoms with Gasteiger partial charge in [-0.2, -0.15) is 0 Å². The second kappa shape index (κ2) is 16.3. The van der Waals surface area contributed by atoms with E-state index in [0.717, 1.165) is 83.0 Å². The van der Waals surface area contributed by atoms with E-state index in [0.29, 0.717) is 18.4 Å². The zero-order valence-corrected chi connectivity index (χ0v) is 32.5. The Morgan fingerprint density at radius 1 is 0.842 bits per heavy atom. The van der Waals surface area contributed by atoms with Gasteiger partial charge >= 0.3 is 6.09 Å². The molecule has 5 N–H and O–H groups in total. The molecule has 296 valence electrons. The van der Waals surface area contributed by atoms with Crippen molar-refractivity contribution in [2.75, 3.05) is 20.3 Å². The van der Waals surface area contributed by atoms with Gasteiger partial charge in [-0.1, -0.05) is 68.4 Å². The summed E-state index contributed by atoms with van der Waals surface area (Å²) < 4.78 is 4.76. The van der Waals surface area contributed by atoms with Crippen molar-refractivity contribution in [2.24, 2.45) is 23.7 Å². The summed E-state index contributed by atoms with van der Waals surface area (Å²) in [7, 11) is 1.29. The molecule has 2 saturated carbocycles. The second-order valence-corrected chi connectivity index (χ2v) is 16.0. The molecule has 0 unspecified atom stereocenters. The zero-order chi connectivity index (χ0) is 39.6. The Bertz CT molecular complexity index is 2180. The third kappa shape index (κ3) is 7.68. The molecule has 0 spiro atoms. The van der Waals surface area contributed by atoms with Gasteiger partial charge in [0.05, 0.1) is 55.5 Å². The molecule has 3 fully saturated rings. The quantitative estimate of drug-likeness (QED) is 0.0948. The highest BCUT2D eigenvalue weighted by Crippen LogP contribution is 2.56. The minimum Gasteiger partial charge on any atom is -0.453 e. The normalized spacial score (nSPS) is 22.4. The van der Waals surface area contributed by atoms with Crippen LogP contribution in [0.15, 0.2) is 85.5 Å². The van der Waals surface area contributed by atoms with Crippen molar-refractivity contribution in [1.29, 1.82) is 0 Å². The number of amides is 3. The highest BCUT2D eigenvalue weighted by molar-refractivity contribution is 5.86. The molecule has 1 saturated heterocycles. The van der Waals surface area contributed by atoms with Crippen molar-refractivity contribution in [3.8, 4) is 33.6 Å². The summed E-state index contributed by atoms with van der Waals surface area (Å²) in [5.41, 5.74) is 6.71. The van der Waals surface area contributed by atoms with E-state index in [1.807, 2.05) is 43.3 Å². The smallest absolute Gasteiger partial charge is 0.407 e. The summed E-state index contributed by atoms with van der Waals surface area (Å²) >= 11 is 0. The van der Waals surface area contributed by atoms with Crippen LogP contribution in [-0.4, -0.2) is 79.1 Å². The number of aromatic nitrogens is 5. The van der Waals surface area contributed by atoms with Crippen LogP contribution in [0.1, 0.15) is 81.2 Å². The van der Waals surface area contributed by atoms with Crippen LogP contribution < -0.4 is 10.6 Å². The van der Waals surface area contributed by atoms with Crippen LogP contribution in [0.2, 0.25) is 0 Å². The summed E-state index contributed by atoms with van der Waals surface area (Å²) in [6.45, 7) is 4.22. The predicted octanol–water partition coefficient (Wildman–Crippen LogP) is 6.55. The van der Waals surface area contributed by atoms with Crippen molar-refractivity contribution < 1.29 is 24.2 Å². The number of carbonyl (C=O) groups is 3. The lowest BCUT2D eigenvalue weighted by molar-refractivity contribution is -0.135. The van der Waals surface area contributed by atoms with Gasteiger partial charge in [-0.3, -0.25) is 14.6 Å². The lowest BCUT2D eigenvalue weighted by atomic mass is 9.78. The summed E-state index contributed by atoms with van der Waals surface area (Å²) in [6.07, 6.45) is 11.2. The molecule has 3 amide bonds. The first kappa shape index (κ1) is 38.1. The number of methoxy groups -OCH3 is 1. The largest absolute Gasteiger partial charge is 0.453 e. The van der Waals surface area contributed by atoms with Gasteiger partial charge in [0.1, 0.15) is 17.7 Å². The standard InChI is InChI=1S/C44H50N8O5/c1-25(2)39(51-44(56)57-3)43(55)52-19-5-7-36(52)40-46-22-33(48-40)28-12-8-26(9-13-28)27-10-14-29(15-11-27)34-23-47-41(49-34)37-30-16-17-31(20-30)38(37)42(54)50-35(24-53)32-6-4-18-45-21-32/h4,6,8-15,18,21-23,25,30-31,35-39,53H,5,7,16-17,19-20,24H2,1-3H3,(H,46,48)(H,47,49)(H,50,54)(H,51,56)/t30-,31+,35-,36-,37+,38+,39-/m0/s1. The molecule has 1 aliphatic heterocycles. The number of rotatable bonds is 12. The Labute approximate surface area is 332 Å². The fraction of sp³-hybridized carbons (Fsp3) is 0.409. The Morgan fingerprint density at radius 3 is 2.09 bits per heavy atom. The molecular weight excluding hydrogens is 721 g/mol. The highest BCUT2D eigenvalue weighted by Gasteiger charge is 2.52. The molecule has 2 bridgehead atoms. The number of aromatic amines is 2. The van der Waals surface area contributed by atoms with Gasteiger partial charge in [0, 0.05) is 24.9 Å². The number of nitrogens with one attached hydrogen (secondary N) is 4. The number of H-pyrrole nitrogens is 2. The number of fused-ring (bicyclic) bond motifs is 2. The molecular formula is C44H50N8O5. The number of alkyl carbamates (subject to hydrolysis) is 1. The fourth-order valence-corrected chi connectivity index (χ4v) is 9.33. The lowest BCUT2D eigenvalue weighted by Gasteiger charge is -2.30. The molecule has 4 heterocycles. The topological polar surface area (TPSA) is 178 Å². The van der Waals surface area contributed by atoms with E-state index in [1.165, 1.54) is 7.11 Å². The number of aliphatic hydroxyl groups is 1. The van der Waals surface area contributed by atoms with Crippen molar-refractivity contribution in [3.63, 3.8) is 0 Å². The Balaban J connectivity index is 0.925. The highest BCUT2D eigenvalue weighted by atomic mass is 16.5. The van der Waals surface area contributed by atoms with Crippen molar-refractivity contribution in [3.05, 3.63) is 103 Å². The Kier molecular flexibility index (Phi) is 10.9. The third-order valence-corrected chi connectivity index (χ3v) is 12.3. The van der Waals surface area contributed by atoms with Crippen LogP contribution in [0.5, 0.6) is 0 Å². The Hall–Kier alpha value is -5.82. The summed E-state index contributed by atoms with van der Waals surface area (Å²) in [6, 6.07) is 19.0. The summed E-state index contributed by atoms with van der Waals surface area (Å²) in [5, 5.41) is 15.9. The number of aliphatic hydroxyl groups excluding tert-OH is 1. The molecule has 0 radical (unpaired) electrons.